The summed E-state index contributed by atoms with van der Waals surface area (Å²) in [6.45, 7) is 1.24. The lowest BCUT2D eigenvalue weighted by atomic mass is 9.77. The quantitative estimate of drug-likeness (QED) is 0.916. The van der Waals surface area contributed by atoms with Gasteiger partial charge in [0.05, 0.1) is 11.5 Å². The zero-order valence-electron chi connectivity index (χ0n) is 13.4. The number of nitrogens with zero attached hydrogens (tertiary/aromatic N) is 3. The van der Waals surface area contributed by atoms with Crippen molar-refractivity contribution in [3.8, 4) is 0 Å². The molecule has 1 aliphatic heterocycles. The van der Waals surface area contributed by atoms with Gasteiger partial charge in [-0.05, 0) is 24.8 Å². The van der Waals surface area contributed by atoms with Crippen molar-refractivity contribution >= 4 is 18.3 Å². The highest BCUT2D eigenvalue weighted by Crippen LogP contribution is 2.38. The van der Waals surface area contributed by atoms with Crippen LogP contribution in [-0.2, 0) is 16.9 Å². The number of hydrogen-bond acceptors (Lipinski definition) is 5. The Morgan fingerprint density at radius 3 is 2.71 bits per heavy atom. The van der Waals surface area contributed by atoms with Gasteiger partial charge in [0.25, 0.3) is 0 Å². The molecular formula is C17H21ClN4O2. The predicted octanol–water partition coefficient (Wildman–Crippen LogP) is 2.35. The minimum Gasteiger partial charge on any atom is -0.339 e. The van der Waals surface area contributed by atoms with Gasteiger partial charge in [-0.15, -0.1) is 12.4 Å². The third kappa shape index (κ3) is 3.03. The molecule has 1 aromatic heterocycles. The van der Waals surface area contributed by atoms with Crippen LogP contribution in [0.25, 0.3) is 0 Å². The number of nitrogens with two attached hydrogens (primary N) is 1. The minimum atomic E-state index is -0.423. The summed E-state index contributed by atoms with van der Waals surface area (Å²) >= 11 is 0. The predicted molar refractivity (Wildman–Crippen MR) is 90.5 cm³/mol. The van der Waals surface area contributed by atoms with Crippen LogP contribution in [0.5, 0.6) is 0 Å². The van der Waals surface area contributed by atoms with Gasteiger partial charge in [0.15, 0.2) is 5.82 Å². The van der Waals surface area contributed by atoms with Crippen LogP contribution in [-0.4, -0.2) is 27.5 Å². The first-order valence-electron chi connectivity index (χ1n) is 8.09. The summed E-state index contributed by atoms with van der Waals surface area (Å²) in [7, 11) is 0. The molecule has 0 bridgehead atoms. The summed E-state index contributed by atoms with van der Waals surface area (Å²) in [5, 5.41) is 4.05. The standard InChI is InChI=1S/C17H20N4O2.ClH/c18-17(7-4-8-17)16-19-15(23-20-16)13-9-14(22)21(11-13)10-12-5-2-1-3-6-12;/h1-3,5-6,13H,4,7-11,18H2;1H. The van der Waals surface area contributed by atoms with E-state index in [1.54, 1.807) is 0 Å². The van der Waals surface area contributed by atoms with Crippen molar-refractivity contribution < 1.29 is 9.32 Å². The lowest BCUT2D eigenvalue weighted by Crippen LogP contribution is -2.44. The molecule has 2 heterocycles. The first-order valence-corrected chi connectivity index (χ1v) is 8.09. The van der Waals surface area contributed by atoms with Crippen LogP contribution >= 0.6 is 12.4 Å². The Morgan fingerprint density at radius 2 is 2.04 bits per heavy atom. The van der Waals surface area contributed by atoms with Gasteiger partial charge in [-0.2, -0.15) is 4.98 Å². The Hall–Kier alpha value is -1.92. The number of carbonyl (C=O) groups excluding carboxylic acids is 1. The zero-order chi connectivity index (χ0) is 15.9. The van der Waals surface area contributed by atoms with Crippen molar-refractivity contribution in [1.82, 2.24) is 15.0 Å². The average Bonchev–Trinajstić information content (AvgIpc) is 3.14. The molecule has 2 aromatic rings. The van der Waals surface area contributed by atoms with Crippen molar-refractivity contribution in [2.45, 2.75) is 43.7 Å². The minimum absolute atomic E-state index is 0. The van der Waals surface area contributed by atoms with Crippen LogP contribution < -0.4 is 5.73 Å². The Kier molecular flexibility index (Phi) is 4.60. The Labute approximate surface area is 146 Å². The Balaban J connectivity index is 0.00000169. The number of rotatable bonds is 4. The first-order chi connectivity index (χ1) is 11.1. The van der Waals surface area contributed by atoms with Gasteiger partial charge in [-0.3, -0.25) is 4.79 Å². The number of benzene rings is 1. The van der Waals surface area contributed by atoms with E-state index in [4.69, 9.17) is 10.3 Å². The first kappa shape index (κ1) is 16.9. The van der Waals surface area contributed by atoms with Crippen molar-refractivity contribution in [1.29, 1.82) is 0 Å². The Morgan fingerprint density at radius 1 is 1.29 bits per heavy atom. The fourth-order valence-corrected chi connectivity index (χ4v) is 3.28. The SMILES string of the molecule is Cl.NC1(c2noc(C3CC(=O)N(Cc4ccccc4)C3)n2)CCC1. The van der Waals surface area contributed by atoms with Gasteiger partial charge >= 0.3 is 0 Å². The van der Waals surface area contributed by atoms with E-state index in [-0.39, 0.29) is 24.2 Å². The summed E-state index contributed by atoms with van der Waals surface area (Å²) < 4.78 is 5.40. The molecule has 1 saturated carbocycles. The lowest BCUT2D eigenvalue weighted by Gasteiger charge is -2.34. The molecule has 0 radical (unpaired) electrons. The van der Waals surface area contributed by atoms with Crippen LogP contribution in [0.2, 0.25) is 0 Å². The van der Waals surface area contributed by atoms with Gasteiger partial charge < -0.3 is 15.2 Å². The molecule has 0 spiro atoms. The fraction of sp³-hybridized carbons (Fsp3) is 0.471. The summed E-state index contributed by atoms with van der Waals surface area (Å²) in [5.41, 5.74) is 6.94. The molecule has 24 heavy (non-hydrogen) atoms. The van der Waals surface area contributed by atoms with E-state index < -0.39 is 5.54 Å². The third-order valence-corrected chi connectivity index (χ3v) is 4.91. The molecule has 1 unspecified atom stereocenters. The number of hydrogen-bond donors (Lipinski definition) is 1. The van der Waals surface area contributed by atoms with E-state index in [0.717, 1.165) is 24.8 Å². The van der Waals surface area contributed by atoms with Crippen LogP contribution in [0.1, 0.15) is 48.9 Å². The fourth-order valence-electron chi connectivity index (χ4n) is 3.28. The number of likely N-dealkylation sites (tertiary alicyclic amines) is 1. The number of amides is 1. The zero-order valence-corrected chi connectivity index (χ0v) is 14.2. The van der Waals surface area contributed by atoms with Gasteiger partial charge in [-0.25, -0.2) is 0 Å². The van der Waals surface area contributed by atoms with Crippen LogP contribution in [0.3, 0.4) is 0 Å². The molecule has 7 heteroatoms. The normalized spacial score (nSPS) is 22.1. The second kappa shape index (κ2) is 6.53. The summed E-state index contributed by atoms with van der Waals surface area (Å²) in [6.07, 6.45) is 3.32. The third-order valence-electron chi connectivity index (χ3n) is 4.91. The van der Waals surface area contributed by atoms with Crippen LogP contribution in [0.15, 0.2) is 34.9 Å². The summed E-state index contributed by atoms with van der Waals surface area (Å²) in [5.74, 6) is 1.23. The molecule has 1 saturated heterocycles. The highest BCUT2D eigenvalue weighted by molar-refractivity contribution is 5.85. The van der Waals surface area contributed by atoms with Gasteiger partial charge in [-0.1, -0.05) is 35.5 Å². The second-order valence-electron chi connectivity index (χ2n) is 6.63. The van der Waals surface area contributed by atoms with E-state index in [9.17, 15) is 4.79 Å². The maximum absolute atomic E-state index is 12.2. The molecule has 128 valence electrons. The smallest absolute Gasteiger partial charge is 0.232 e. The van der Waals surface area contributed by atoms with E-state index in [2.05, 4.69) is 10.1 Å². The Bertz CT molecular complexity index is 714. The largest absolute Gasteiger partial charge is 0.339 e. The van der Waals surface area contributed by atoms with Crippen LogP contribution in [0, 0.1) is 0 Å². The van der Waals surface area contributed by atoms with Crippen LogP contribution in [0.4, 0.5) is 0 Å². The molecule has 4 rings (SSSR count). The number of aromatic nitrogens is 2. The maximum atomic E-state index is 12.2. The molecule has 1 aliphatic carbocycles. The molecule has 1 aromatic carbocycles. The highest BCUT2D eigenvalue weighted by atomic mass is 35.5. The van der Waals surface area contributed by atoms with Crippen molar-refractivity contribution in [3.63, 3.8) is 0 Å². The molecule has 2 fully saturated rings. The molecule has 2 N–H and O–H groups in total. The van der Waals surface area contributed by atoms with Crippen molar-refractivity contribution in [3.05, 3.63) is 47.6 Å². The van der Waals surface area contributed by atoms with Gasteiger partial charge in [0, 0.05) is 19.5 Å². The van der Waals surface area contributed by atoms with E-state index in [1.807, 2.05) is 35.2 Å². The average molecular weight is 349 g/mol. The topological polar surface area (TPSA) is 85.2 Å². The van der Waals surface area contributed by atoms with Crippen molar-refractivity contribution in [2.75, 3.05) is 6.54 Å². The van der Waals surface area contributed by atoms with Crippen molar-refractivity contribution in [2.24, 2.45) is 5.73 Å². The molecule has 1 atom stereocenters. The van der Waals surface area contributed by atoms with Gasteiger partial charge in [0.2, 0.25) is 11.8 Å². The summed E-state index contributed by atoms with van der Waals surface area (Å²) in [4.78, 5) is 18.6. The highest BCUT2D eigenvalue weighted by Gasteiger charge is 2.41. The monoisotopic (exact) mass is 348 g/mol. The van der Waals surface area contributed by atoms with E-state index >= 15 is 0 Å². The molecular weight excluding hydrogens is 328 g/mol. The molecule has 1 amide bonds. The van der Waals surface area contributed by atoms with Gasteiger partial charge in [0.1, 0.15) is 0 Å². The summed E-state index contributed by atoms with van der Waals surface area (Å²) in [6, 6.07) is 10.00. The second-order valence-corrected chi connectivity index (χ2v) is 6.63. The maximum Gasteiger partial charge on any atom is 0.232 e. The van der Waals surface area contributed by atoms with E-state index in [0.29, 0.717) is 31.2 Å². The number of carbonyl (C=O) groups is 1. The molecule has 6 nitrogen and oxygen atoms in total. The number of halogens is 1. The van der Waals surface area contributed by atoms with E-state index in [1.165, 1.54) is 0 Å². The molecule has 2 aliphatic rings. The lowest BCUT2D eigenvalue weighted by molar-refractivity contribution is -0.128.